The van der Waals surface area contributed by atoms with Crippen LogP contribution in [-0.2, 0) is 4.79 Å². The molecule has 2 aromatic heterocycles. The summed E-state index contributed by atoms with van der Waals surface area (Å²) in [6.07, 6.45) is 8.54. The van der Waals surface area contributed by atoms with Gasteiger partial charge in [-0.2, -0.15) is 0 Å². The molecule has 0 aliphatic carbocycles. The molecule has 4 aromatic rings. The molecule has 0 aliphatic rings. The van der Waals surface area contributed by atoms with E-state index in [0.29, 0.717) is 17.2 Å². The summed E-state index contributed by atoms with van der Waals surface area (Å²) in [6.45, 7) is 0. The fraction of sp³-hybridized carbons (Fsp3) is 0.0769. The Hall–Kier alpha value is -4.12. The van der Waals surface area contributed by atoms with E-state index in [1.807, 2.05) is 77.3 Å². The van der Waals surface area contributed by atoms with Crippen molar-refractivity contribution in [1.82, 2.24) is 9.38 Å². The monoisotopic (exact) mass is 410 g/mol. The standard InChI is InChI=1S/C26H22N2O3/c1-30-21-14-16-24(31-2)22(18-21)26-23(27-25-10-6-7-17-28(25)26)15-13-20(29)12-11-19-8-4-3-5-9-19/h3-18H,1-2H3/b12-11+,15-13+. The van der Waals surface area contributed by atoms with Gasteiger partial charge in [0.2, 0.25) is 0 Å². The van der Waals surface area contributed by atoms with Crippen LogP contribution in [0.25, 0.3) is 29.1 Å². The summed E-state index contributed by atoms with van der Waals surface area (Å²) in [7, 11) is 3.25. The summed E-state index contributed by atoms with van der Waals surface area (Å²) in [5.74, 6) is 1.28. The average Bonchev–Trinajstić information content (AvgIpc) is 3.19. The molecule has 31 heavy (non-hydrogen) atoms. The SMILES string of the molecule is COc1ccc(OC)c(-c2c(/C=C/C(=O)/C=C/c3ccccc3)nc3ccccn23)c1. The number of imidazole rings is 1. The van der Waals surface area contributed by atoms with Crippen molar-refractivity contribution in [2.75, 3.05) is 14.2 Å². The molecule has 0 amide bonds. The fourth-order valence-corrected chi connectivity index (χ4v) is 3.36. The van der Waals surface area contributed by atoms with Crippen LogP contribution < -0.4 is 9.47 Å². The molecule has 0 radical (unpaired) electrons. The normalized spacial score (nSPS) is 11.4. The molecule has 0 spiro atoms. The van der Waals surface area contributed by atoms with Crippen LogP contribution in [0, 0.1) is 0 Å². The lowest BCUT2D eigenvalue weighted by molar-refractivity contribution is -0.110. The van der Waals surface area contributed by atoms with Gasteiger partial charge in [0.25, 0.3) is 0 Å². The first-order valence-corrected chi connectivity index (χ1v) is 9.84. The molecule has 0 aliphatic heterocycles. The van der Waals surface area contributed by atoms with Crippen LogP contribution in [0.4, 0.5) is 0 Å². The van der Waals surface area contributed by atoms with Crippen LogP contribution in [0.2, 0.25) is 0 Å². The number of aromatic nitrogens is 2. The van der Waals surface area contributed by atoms with E-state index in [1.54, 1.807) is 32.4 Å². The molecule has 0 unspecified atom stereocenters. The van der Waals surface area contributed by atoms with Gasteiger partial charge in [-0.3, -0.25) is 9.20 Å². The summed E-state index contributed by atoms with van der Waals surface area (Å²) in [6, 6.07) is 21.1. The van der Waals surface area contributed by atoms with Gasteiger partial charge in [-0.15, -0.1) is 0 Å². The van der Waals surface area contributed by atoms with Gasteiger partial charge < -0.3 is 9.47 Å². The van der Waals surface area contributed by atoms with Crippen molar-refractivity contribution in [3.8, 4) is 22.8 Å². The van der Waals surface area contributed by atoms with Gasteiger partial charge in [-0.1, -0.05) is 42.5 Å². The fourth-order valence-electron chi connectivity index (χ4n) is 3.36. The minimum Gasteiger partial charge on any atom is -0.497 e. The van der Waals surface area contributed by atoms with Crippen molar-refractivity contribution in [3.05, 3.63) is 96.3 Å². The second-order valence-electron chi connectivity index (χ2n) is 6.82. The highest BCUT2D eigenvalue weighted by Crippen LogP contribution is 2.36. The lowest BCUT2D eigenvalue weighted by Gasteiger charge is -2.11. The number of carbonyl (C=O) groups is 1. The van der Waals surface area contributed by atoms with Gasteiger partial charge in [0.05, 0.1) is 25.6 Å². The van der Waals surface area contributed by atoms with Crippen molar-refractivity contribution < 1.29 is 14.3 Å². The Balaban J connectivity index is 1.75. The number of allylic oxidation sites excluding steroid dienone is 2. The molecule has 0 saturated heterocycles. The van der Waals surface area contributed by atoms with Crippen molar-refractivity contribution in [1.29, 1.82) is 0 Å². The van der Waals surface area contributed by atoms with Gasteiger partial charge in [-0.25, -0.2) is 4.98 Å². The molecule has 0 saturated carbocycles. The van der Waals surface area contributed by atoms with Crippen LogP contribution >= 0.6 is 0 Å². The Morgan fingerprint density at radius 3 is 2.45 bits per heavy atom. The summed E-state index contributed by atoms with van der Waals surface area (Å²) >= 11 is 0. The average molecular weight is 410 g/mol. The minimum absolute atomic E-state index is 0.121. The summed E-state index contributed by atoms with van der Waals surface area (Å²) < 4.78 is 13.0. The Bertz CT molecular complexity index is 1270. The van der Waals surface area contributed by atoms with Crippen molar-refractivity contribution in [2.45, 2.75) is 0 Å². The number of rotatable bonds is 7. The van der Waals surface area contributed by atoms with Gasteiger partial charge >= 0.3 is 0 Å². The highest BCUT2D eigenvalue weighted by atomic mass is 16.5. The van der Waals surface area contributed by atoms with E-state index in [9.17, 15) is 4.79 Å². The quantitative estimate of drug-likeness (QED) is 0.387. The first-order chi connectivity index (χ1) is 15.2. The van der Waals surface area contributed by atoms with Crippen LogP contribution in [0.1, 0.15) is 11.3 Å². The zero-order chi connectivity index (χ0) is 21.6. The molecule has 2 aromatic carbocycles. The van der Waals surface area contributed by atoms with Crippen LogP contribution in [0.15, 0.2) is 85.1 Å². The van der Waals surface area contributed by atoms with Crippen molar-refractivity contribution >= 4 is 23.6 Å². The predicted molar refractivity (Wildman–Crippen MR) is 123 cm³/mol. The largest absolute Gasteiger partial charge is 0.497 e. The molecule has 4 rings (SSSR count). The lowest BCUT2D eigenvalue weighted by Crippen LogP contribution is -1.95. The Morgan fingerprint density at radius 2 is 1.68 bits per heavy atom. The predicted octanol–water partition coefficient (Wildman–Crippen LogP) is 5.31. The summed E-state index contributed by atoms with van der Waals surface area (Å²) in [5.41, 5.74) is 4.06. The number of nitrogens with zero attached hydrogens (tertiary/aromatic N) is 2. The number of ketones is 1. The third kappa shape index (κ3) is 4.41. The number of pyridine rings is 1. The Labute approximate surface area is 180 Å². The maximum absolute atomic E-state index is 12.4. The smallest absolute Gasteiger partial charge is 0.178 e. The number of fused-ring (bicyclic) bond motifs is 1. The third-order valence-corrected chi connectivity index (χ3v) is 4.86. The van der Waals surface area contributed by atoms with E-state index in [-0.39, 0.29) is 5.78 Å². The molecule has 5 heteroatoms. The molecule has 5 nitrogen and oxygen atoms in total. The van der Waals surface area contributed by atoms with Gasteiger partial charge in [0, 0.05) is 11.8 Å². The van der Waals surface area contributed by atoms with Gasteiger partial charge in [0.15, 0.2) is 5.78 Å². The maximum atomic E-state index is 12.4. The zero-order valence-corrected chi connectivity index (χ0v) is 17.4. The first kappa shape index (κ1) is 20.2. The zero-order valence-electron chi connectivity index (χ0n) is 17.4. The molecular weight excluding hydrogens is 388 g/mol. The number of carbonyl (C=O) groups excluding carboxylic acids is 1. The molecule has 0 fully saturated rings. The second kappa shape index (κ2) is 9.13. The molecule has 0 bridgehead atoms. The second-order valence-corrected chi connectivity index (χ2v) is 6.82. The number of ether oxygens (including phenoxy) is 2. The third-order valence-electron chi connectivity index (χ3n) is 4.86. The van der Waals surface area contributed by atoms with Crippen molar-refractivity contribution in [3.63, 3.8) is 0 Å². The van der Waals surface area contributed by atoms with E-state index in [1.165, 1.54) is 6.08 Å². The highest BCUT2D eigenvalue weighted by Gasteiger charge is 2.17. The molecule has 0 atom stereocenters. The van der Waals surface area contributed by atoms with E-state index >= 15 is 0 Å². The van der Waals surface area contributed by atoms with E-state index in [2.05, 4.69) is 0 Å². The van der Waals surface area contributed by atoms with Gasteiger partial charge in [-0.05, 0) is 54.1 Å². The number of hydrogen-bond donors (Lipinski definition) is 0. The van der Waals surface area contributed by atoms with Crippen molar-refractivity contribution in [2.24, 2.45) is 0 Å². The molecule has 0 N–H and O–H groups in total. The maximum Gasteiger partial charge on any atom is 0.178 e. The van der Waals surface area contributed by atoms with Crippen LogP contribution in [-0.4, -0.2) is 29.4 Å². The van der Waals surface area contributed by atoms with Crippen LogP contribution in [0.3, 0.4) is 0 Å². The number of hydrogen-bond acceptors (Lipinski definition) is 4. The number of methoxy groups -OCH3 is 2. The summed E-state index contributed by atoms with van der Waals surface area (Å²) in [5, 5.41) is 0. The Morgan fingerprint density at radius 1 is 0.903 bits per heavy atom. The lowest BCUT2D eigenvalue weighted by atomic mass is 10.1. The van der Waals surface area contributed by atoms with E-state index in [0.717, 1.165) is 22.5 Å². The molecule has 2 heterocycles. The topological polar surface area (TPSA) is 52.8 Å². The first-order valence-electron chi connectivity index (χ1n) is 9.84. The van der Waals surface area contributed by atoms with E-state index in [4.69, 9.17) is 14.5 Å². The van der Waals surface area contributed by atoms with Gasteiger partial charge in [0.1, 0.15) is 17.1 Å². The van der Waals surface area contributed by atoms with E-state index < -0.39 is 0 Å². The van der Waals surface area contributed by atoms with Crippen LogP contribution in [0.5, 0.6) is 11.5 Å². The molecule has 154 valence electrons. The summed E-state index contributed by atoms with van der Waals surface area (Å²) in [4.78, 5) is 17.1. The number of benzene rings is 2. The Kier molecular flexibility index (Phi) is 5.94. The molecular formula is C26H22N2O3. The minimum atomic E-state index is -0.121. The highest BCUT2D eigenvalue weighted by molar-refractivity contribution is 6.04.